The summed E-state index contributed by atoms with van der Waals surface area (Å²) in [6.45, 7) is 5.27. The molecule has 2 aromatic carbocycles. The first-order valence-electron chi connectivity index (χ1n) is 6.88. The molecule has 19 heavy (non-hydrogen) atoms. The predicted octanol–water partition coefficient (Wildman–Crippen LogP) is 4.72. The van der Waals surface area contributed by atoms with Gasteiger partial charge in [-0.25, -0.2) is 0 Å². The molecule has 1 heteroatoms. The predicted molar refractivity (Wildman–Crippen MR) is 83.0 cm³/mol. The Labute approximate surface area is 115 Å². The van der Waals surface area contributed by atoms with Gasteiger partial charge in [-0.3, -0.25) is 0 Å². The monoisotopic (exact) mass is 249 g/mol. The van der Waals surface area contributed by atoms with Gasteiger partial charge in [0, 0.05) is 17.9 Å². The van der Waals surface area contributed by atoms with Gasteiger partial charge in [-0.2, -0.15) is 0 Å². The summed E-state index contributed by atoms with van der Waals surface area (Å²) >= 11 is 0. The molecule has 2 aromatic rings. The van der Waals surface area contributed by atoms with Crippen molar-refractivity contribution in [2.45, 2.75) is 20.3 Å². The van der Waals surface area contributed by atoms with Crippen LogP contribution >= 0.6 is 0 Å². The highest BCUT2D eigenvalue weighted by Crippen LogP contribution is 2.35. The number of anilines is 2. The van der Waals surface area contributed by atoms with E-state index in [1.807, 2.05) is 0 Å². The maximum atomic E-state index is 2.41. The molecule has 1 nitrogen and oxygen atoms in total. The van der Waals surface area contributed by atoms with Gasteiger partial charge in [0.1, 0.15) is 0 Å². The number of nitrogens with zero attached hydrogens (tertiary/aromatic N) is 1. The van der Waals surface area contributed by atoms with Crippen molar-refractivity contribution in [3.63, 3.8) is 0 Å². The van der Waals surface area contributed by atoms with Crippen LogP contribution in [0.15, 0.2) is 48.5 Å². The Balaban J connectivity index is 1.96. The number of hydrogen-bond donors (Lipinski definition) is 0. The molecule has 0 aliphatic carbocycles. The van der Waals surface area contributed by atoms with Gasteiger partial charge < -0.3 is 4.90 Å². The first-order valence-corrected chi connectivity index (χ1v) is 6.88. The summed E-state index contributed by atoms with van der Waals surface area (Å²) in [6.07, 6.45) is 5.39. The highest BCUT2D eigenvalue weighted by molar-refractivity contribution is 5.72. The third-order valence-electron chi connectivity index (χ3n) is 3.70. The fraction of sp³-hybridized carbons (Fsp3) is 0.222. The molecule has 96 valence electrons. The van der Waals surface area contributed by atoms with E-state index >= 15 is 0 Å². The van der Waals surface area contributed by atoms with Crippen LogP contribution in [0.5, 0.6) is 0 Å². The van der Waals surface area contributed by atoms with Gasteiger partial charge in [0.15, 0.2) is 0 Å². The van der Waals surface area contributed by atoms with Crippen LogP contribution in [0.4, 0.5) is 11.4 Å². The van der Waals surface area contributed by atoms with Crippen molar-refractivity contribution in [1.29, 1.82) is 0 Å². The third-order valence-corrected chi connectivity index (χ3v) is 3.70. The molecule has 0 radical (unpaired) electrons. The van der Waals surface area contributed by atoms with Crippen LogP contribution in [0.3, 0.4) is 0 Å². The second-order valence-electron chi connectivity index (χ2n) is 5.13. The first kappa shape index (κ1) is 12.0. The Hall–Kier alpha value is -2.02. The summed E-state index contributed by atoms with van der Waals surface area (Å²) in [6, 6.07) is 15.5. The SMILES string of the molecule is C/C=C/c1ccc2c(c1)CCN2c1ccc(C)cc1. The van der Waals surface area contributed by atoms with E-state index in [9.17, 15) is 0 Å². The Kier molecular flexibility index (Phi) is 3.12. The summed E-state index contributed by atoms with van der Waals surface area (Å²) in [5.74, 6) is 0. The second-order valence-corrected chi connectivity index (χ2v) is 5.13. The number of allylic oxidation sites excluding steroid dienone is 1. The molecule has 3 rings (SSSR count). The van der Waals surface area contributed by atoms with E-state index in [1.165, 1.54) is 28.1 Å². The number of benzene rings is 2. The van der Waals surface area contributed by atoms with Crippen LogP contribution in [0.25, 0.3) is 6.08 Å². The van der Waals surface area contributed by atoms with Gasteiger partial charge in [0.05, 0.1) is 0 Å². The van der Waals surface area contributed by atoms with Crippen molar-refractivity contribution >= 4 is 17.5 Å². The molecular formula is C18H19N. The standard InChI is InChI=1S/C18H19N/c1-3-4-15-7-10-18-16(13-15)11-12-19(18)17-8-5-14(2)6-9-17/h3-10,13H,11-12H2,1-2H3/b4-3+. The van der Waals surface area contributed by atoms with E-state index in [1.54, 1.807) is 0 Å². The molecule has 0 N–H and O–H groups in total. The molecule has 0 spiro atoms. The fourth-order valence-electron chi connectivity index (χ4n) is 2.71. The lowest BCUT2D eigenvalue weighted by Gasteiger charge is -2.19. The van der Waals surface area contributed by atoms with E-state index in [0.717, 1.165) is 13.0 Å². The van der Waals surface area contributed by atoms with E-state index < -0.39 is 0 Å². The molecule has 0 unspecified atom stereocenters. The van der Waals surface area contributed by atoms with Crippen LogP contribution in [-0.2, 0) is 6.42 Å². The molecule has 1 aliphatic rings. The quantitative estimate of drug-likeness (QED) is 0.744. The van der Waals surface area contributed by atoms with E-state index in [0.29, 0.717) is 0 Å². The molecule has 0 saturated heterocycles. The Bertz CT molecular complexity index is 608. The topological polar surface area (TPSA) is 3.24 Å². The number of aryl methyl sites for hydroxylation is 1. The van der Waals surface area contributed by atoms with Crippen molar-refractivity contribution < 1.29 is 0 Å². The number of fused-ring (bicyclic) bond motifs is 1. The lowest BCUT2D eigenvalue weighted by atomic mass is 10.1. The maximum absolute atomic E-state index is 2.41. The molecular weight excluding hydrogens is 230 g/mol. The zero-order valence-electron chi connectivity index (χ0n) is 11.6. The minimum absolute atomic E-state index is 1.08. The van der Waals surface area contributed by atoms with Crippen LogP contribution in [0.1, 0.15) is 23.6 Å². The second kappa shape index (κ2) is 4.93. The van der Waals surface area contributed by atoms with Gasteiger partial charge in [0.2, 0.25) is 0 Å². The zero-order valence-corrected chi connectivity index (χ0v) is 11.6. The van der Waals surface area contributed by atoms with Crippen LogP contribution in [-0.4, -0.2) is 6.54 Å². The summed E-state index contributed by atoms with van der Waals surface area (Å²) in [4.78, 5) is 2.41. The van der Waals surface area contributed by atoms with Crippen molar-refractivity contribution in [2.75, 3.05) is 11.4 Å². The van der Waals surface area contributed by atoms with Crippen molar-refractivity contribution in [3.8, 4) is 0 Å². The Morgan fingerprint density at radius 1 is 1.05 bits per heavy atom. The highest BCUT2D eigenvalue weighted by atomic mass is 15.2. The number of rotatable bonds is 2. The van der Waals surface area contributed by atoms with Crippen LogP contribution in [0, 0.1) is 6.92 Å². The average Bonchev–Trinajstić information content (AvgIpc) is 2.83. The van der Waals surface area contributed by atoms with Gasteiger partial charge in [-0.15, -0.1) is 0 Å². The van der Waals surface area contributed by atoms with E-state index in [-0.39, 0.29) is 0 Å². The minimum Gasteiger partial charge on any atom is -0.341 e. The smallest absolute Gasteiger partial charge is 0.0444 e. The molecule has 1 heterocycles. The normalized spacial score (nSPS) is 14.1. The molecule has 0 atom stereocenters. The average molecular weight is 249 g/mol. The lowest BCUT2D eigenvalue weighted by molar-refractivity contribution is 0.998. The van der Waals surface area contributed by atoms with E-state index in [2.05, 4.69) is 73.4 Å². The lowest BCUT2D eigenvalue weighted by Crippen LogP contribution is -2.12. The highest BCUT2D eigenvalue weighted by Gasteiger charge is 2.20. The molecule has 1 aliphatic heterocycles. The largest absolute Gasteiger partial charge is 0.341 e. The Morgan fingerprint density at radius 2 is 1.84 bits per heavy atom. The fourth-order valence-corrected chi connectivity index (χ4v) is 2.71. The van der Waals surface area contributed by atoms with Crippen LogP contribution < -0.4 is 4.90 Å². The molecule has 0 aromatic heterocycles. The van der Waals surface area contributed by atoms with Crippen molar-refractivity contribution in [1.82, 2.24) is 0 Å². The molecule has 0 bridgehead atoms. The summed E-state index contributed by atoms with van der Waals surface area (Å²) in [5.41, 5.74) is 6.72. The third kappa shape index (κ3) is 2.28. The minimum atomic E-state index is 1.08. The van der Waals surface area contributed by atoms with Gasteiger partial charge in [-0.05, 0) is 55.7 Å². The van der Waals surface area contributed by atoms with Crippen molar-refractivity contribution in [3.05, 3.63) is 65.2 Å². The first-order chi connectivity index (χ1) is 9.28. The van der Waals surface area contributed by atoms with E-state index in [4.69, 9.17) is 0 Å². The van der Waals surface area contributed by atoms with Gasteiger partial charge >= 0.3 is 0 Å². The molecule has 0 saturated carbocycles. The van der Waals surface area contributed by atoms with Crippen LogP contribution in [0.2, 0.25) is 0 Å². The Morgan fingerprint density at radius 3 is 2.58 bits per heavy atom. The summed E-state index contributed by atoms with van der Waals surface area (Å²) < 4.78 is 0. The summed E-state index contributed by atoms with van der Waals surface area (Å²) in [7, 11) is 0. The number of hydrogen-bond acceptors (Lipinski definition) is 1. The zero-order chi connectivity index (χ0) is 13.2. The summed E-state index contributed by atoms with van der Waals surface area (Å²) in [5, 5.41) is 0. The van der Waals surface area contributed by atoms with Gasteiger partial charge in [-0.1, -0.05) is 35.9 Å². The maximum Gasteiger partial charge on any atom is 0.0444 e. The van der Waals surface area contributed by atoms with Crippen molar-refractivity contribution in [2.24, 2.45) is 0 Å². The van der Waals surface area contributed by atoms with Gasteiger partial charge in [0.25, 0.3) is 0 Å². The molecule has 0 fully saturated rings. The molecule has 0 amide bonds.